The molecule has 0 nitrogen and oxygen atoms in total. The van der Waals surface area contributed by atoms with Gasteiger partial charge < -0.3 is 0 Å². The van der Waals surface area contributed by atoms with Crippen molar-refractivity contribution in [2.75, 3.05) is 5.33 Å². The highest BCUT2D eigenvalue weighted by Crippen LogP contribution is 2.27. The molecule has 0 aliphatic heterocycles. The molecule has 50 valence electrons. The van der Waals surface area contributed by atoms with Gasteiger partial charge in [-0.1, -0.05) is 31.9 Å². The van der Waals surface area contributed by atoms with Crippen molar-refractivity contribution in [1.29, 1.82) is 0 Å². The van der Waals surface area contributed by atoms with Crippen molar-refractivity contribution in [3.63, 3.8) is 0 Å². The molecule has 0 aromatic rings. The molecule has 0 rings (SSSR count). The lowest BCUT2D eigenvalue weighted by molar-refractivity contribution is -0.122. The third-order valence-electron chi connectivity index (χ3n) is 0.491. The Morgan fingerprint density at radius 3 is 1.75 bits per heavy atom. The summed E-state index contributed by atoms with van der Waals surface area (Å²) in [7, 11) is 0. The van der Waals surface area contributed by atoms with E-state index in [0.717, 1.165) is 0 Å². The summed E-state index contributed by atoms with van der Waals surface area (Å²) in [5, 5.41) is -0.101. The fourth-order valence-electron chi connectivity index (χ4n) is 0.0875. The van der Waals surface area contributed by atoms with Crippen LogP contribution in [-0.4, -0.2) is 16.3 Å². The lowest BCUT2D eigenvalue weighted by Crippen LogP contribution is -2.23. The molecule has 1 unspecified atom stereocenters. The quantitative estimate of drug-likeness (QED) is 0.632. The molecule has 0 aromatic heterocycles. The van der Waals surface area contributed by atoms with Crippen LogP contribution in [0.5, 0.6) is 0 Å². The van der Waals surface area contributed by atoms with Gasteiger partial charge in [0.25, 0.3) is 0 Å². The minimum atomic E-state index is -4.12. The molecule has 0 saturated heterocycles. The summed E-state index contributed by atoms with van der Waals surface area (Å²) in [4.78, 5) is -1.42. The van der Waals surface area contributed by atoms with Crippen molar-refractivity contribution in [3.8, 4) is 0 Å². The van der Waals surface area contributed by atoms with E-state index < -0.39 is 11.0 Å². The van der Waals surface area contributed by atoms with Gasteiger partial charge in [-0.3, -0.25) is 0 Å². The van der Waals surface area contributed by atoms with Crippen LogP contribution < -0.4 is 0 Å². The second-order valence-electron chi connectivity index (χ2n) is 1.16. The summed E-state index contributed by atoms with van der Waals surface area (Å²) in [5.74, 6) is 0. The van der Waals surface area contributed by atoms with E-state index in [1.54, 1.807) is 0 Å². The van der Waals surface area contributed by atoms with Crippen LogP contribution in [0.3, 0.4) is 0 Å². The van der Waals surface area contributed by atoms with Gasteiger partial charge in [0, 0.05) is 5.33 Å². The lowest BCUT2D eigenvalue weighted by atomic mass is 10.5. The first-order valence-electron chi connectivity index (χ1n) is 1.75. The maximum absolute atomic E-state index is 11.4. The summed E-state index contributed by atoms with van der Waals surface area (Å²) in [5.41, 5.74) is 0. The topological polar surface area (TPSA) is 0 Å². The van der Waals surface area contributed by atoms with E-state index in [-0.39, 0.29) is 5.33 Å². The maximum atomic E-state index is 11.4. The first-order chi connectivity index (χ1) is 3.48. The van der Waals surface area contributed by atoms with Gasteiger partial charge in [-0.05, 0) is 0 Å². The van der Waals surface area contributed by atoms with Gasteiger partial charge in [-0.2, -0.15) is 13.2 Å². The number of hydrogen-bond donors (Lipinski definition) is 0. The third kappa shape index (κ3) is 2.91. The minimum absolute atomic E-state index is 0.101. The molecule has 1 atom stereocenters. The molecule has 0 aromatic carbocycles. The Morgan fingerprint density at radius 2 is 1.75 bits per heavy atom. The Bertz CT molecular complexity index is 69.4. The van der Waals surface area contributed by atoms with Crippen LogP contribution in [0, 0.1) is 0 Å². The van der Waals surface area contributed by atoms with Crippen molar-refractivity contribution in [1.82, 2.24) is 0 Å². The molecule has 0 spiro atoms. The second-order valence-corrected chi connectivity index (χ2v) is 2.92. The van der Waals surface area contributed by atoms with E-state index in [1.165, 1.54) is 0 Å². The molecule has 0 aliphatic carbocycles. The van der Waals surface area contributed by atoms with Crippen LogP contribution in [0.25, 0.3) is 0 Å². The monoisotopic (exact) mass is 254 g/mol. The number of alkyl halides is 5. The molecule has 0 heterocycles. The van der Waals surface area contributed by atoms with Crippen LogP contribution in [0.15, 0.2) is 0 Å². The van der Waals surface area contributed by atoms with E-state index >= 15 is 0 Å². The first-order valence-corrected chi connectivity index (χ1v) is 3.79. The summed E-state index contributed by atoms with van der Waals surface area (Å²) < 4.78 is 34.1. The van der Waals surface area contributed by atoms with Crippen molar-refractivity contribution < 1.29 is 13.2 Å². The second kappa shape index (κ2) is 3.06. The van der Waals surface area contributed by atoms with Crippen LogP contribution in [0.1, 0.15) is 0 Å². The number of hydrogen-bond acceptors (Lipinski definition) is 0. The molecular formula is C3H3Br2F3. The zero-order valence-corrected chi connectivity index (χ0v) is 6.85. The molecule has 0 saturated carbocycles. The van der Waals surface area contributed by atoms with Crippen molar-refractivity contribution in [3.05, 3.63) is 0 Å². The van der Waals surface area contributed by atoms with Crippen LogP contribution in [-0.2, 0) is 0 Å². The molecule has 0 fully saturated rings. The Kier molecular flexibility index (Phi) is 3.34. The van der Waals surface area contributed by atoms with E-state index in [4.69, 9.17) is 0 Å². The molecule has 8 heavy (non-hydrogen) atoms. The van der Waals surface area contributed by atoms with E-state index in [9.17, 15) is 13.2 Å². The molecular weight excluding hydrogens is 253 g/mol. The smallest absolute Gasteiger partial charge is 0.170 e. The Labute approximate surface area is 61.7 Å². The third-order valence-corrected chi connectivity index (χ3v) is 2.85. The predicted molar refractivity (Wildman–Crippen MR) is 32.6 cm³/mol. The van der Waals surface area contributed by atoms with Crippen LogP contribution in [0.4, 0.5) is 13.2 Å². The summed E-state index contributed by atoms with van der Waals surface area (Å²) in [6.07, 6.45) is -4.12. The van der Waals surface area contributed by atoms with Crippen molar-refractivity contribution >= 4 is 31.9 Å². The Morgan fingerprint density at radius 1 is 1.38 bits per heavy atom. The average Bonchev–Trinajstić information content (AvgIpc) is 1.62. The van der Waals surface area contributed by atoms with Gasteiger partial charge >= 0.3 is 6.18 Å². The molecule has 0 N–H and O–H groups in total. The summed E-state index contributed by atoms with van der Waals surface area (Å²) >= 11 is 5.11. The fourth-order valence-corrected chi connectivity index (χ4v) is 0.455. The Balaban J connectivity index is 3.62. The SMILES string of the molecule is FC(F)(F)C(Br)CBr. The lowest BCUT2D eigenvalue weighted by Gasteiger charge is -2.08. The minimum Gasteiger partial charge on any atom is -0.170 e. The van der Waals surface area contributed by atoms with Gasteiger partial charge in [0.15, 0.2) is 0 Å². The largest absolute Gasteiger partial charge is 0.402 e. The standard InChI is InChI=1S/C3H3Br2F3/c4-1-2(5)3(6,7)8/h2H,1H2. The fraction of sp³-hybridized carbons (Fsp3) is 1.00. The van der Waals surface area contributed by atoms with Gasteiger partial charge in [0.05, 0.1) is 0 Å². The van der Waals surface area contributed by atoms with E-state index in [0.29, 0.717) is 0 Å². The zero-order chi connectivity index (χ0) is 6.78. The van der Waals surface area contributed by atoms with Crippen LogP contribution >= 0.6 is 31.9 Å². The molecule has 0 radical (unpaired) electrons. The highest BCUT2D eigenvalue weighted by Gasteiger charge is 2.36. The molecule has 0 bridgehead atoms. The predicted octanol–water partition coefficient (Wildman–Crippen LogP) is 2.71. The highest BCUT2D eigenvalue weighted by molar-refractivity contribution is 9.12. The average molecular weight is 256 g/mol. The van der Waals surface area contributed by atoms with E-state index in [1.807, 2.05) is 0 Å². The summed E-state index contributed by atoms with van der Waals surface area (Å²) in [6, 6.07) is 0. The number of halogens is 5. The summed E-state index contributed by atoms with van der Waals surface area (Å²) in [6.45, 7) is 0. The number of rotatable bonds is 1. The van der Waals surface area contributed by atoms with Crippen molar-refractivity contribution in [2.45, 2.75) is 11.0 Å². The van der Waals surface area contributed by atoms with Gasteiger partial charge in [0.2, 0.25) is 0 Å². The molecule has 0 aliphatic rings. The van der Waals surface area contributed by atoms with E-state index in [2.05, 4.69) is 31.9 Å². The highest BCUT2D eigenvalue weighted by atomic mass is 79.9. The van der Waals surface area contributed by atoms with Gasteiger partial charge in [-0.25, -0.2) is 0 Å². The maximum Gasteiger partial charge on any atom is 0.402 e. The zero-order valence-electron chi connectivity index (χ0n) is 3.67. The normalized spacial score (nSPS) is 16.1. The van der Waals surface area contributed by atoms with Gasteiger partial charge in [-0.15, -0.1) is 0 Å². The van der Waals surface area contributed by atoms with Crippen molar-refractivity contribution in [2.24, 2.45) is 0 Å². The van der Waals surface area contributed by atoms with Gasteiger partial charge in [0.1, 0.15) is 4.83 Å². The Hall–Kier alpha value is 0.750. The first kappa shape index (κ1) is 8.75. The molecule has 5 heteroatoms. The van der Waals surface area contributed by atoms with Crippen LogP contribution in [0.2, 0.25) is 0 Å². The molecule has 0 amide bonds.